The minimum atomic E-state index is -0.325. The van der Waals surface area contributed by atoms with Crippen LogP contribution in [0.2, 0.25) is 0 Å². The van der Waals surface area contributed by atoms with Gasteiger partial charge in [-0.15, -0.1) is 11.8 Å². The van der Waals surface area contributed by atoms with Crippen molar-refractivity contribution in [3.05, 3.63) is 29.8 Å². The van der Waals surface area contributed by atoms with Crippen LogP contribution in [0.1, 0.15) is 16.8 Å². The molecule has 1 aliphatic heterocycles. The fraction of sp³-hybridized carbons (Fsp3) is 0.467. The van der Waals surface area contributed by atoms with Gasteiger partial charge in [0.1, 0.15) is 0 Å². The van der Waals surface area contributed by atoms with Crippen molar-refractivity contribution in [3.8, 4) is 0 Å². The minimum absolute atomic E-state index is 0.0226. The zero-order valence-corrected chi connectivity index (χ0v) is 13.2. The average molecular weight is 308 g/mol. The van der Waals surface area contributed by atoms with E-state index in [0.717, 1.165) is 11.3 Å². The highest BCUT2D eigenvalue weighted by Crippen LogP contribution is 2.16. The molecule has 1 aliphatic rings. The smallest absolute Gasteiger partial charge is 0.409 e. The summed E-state index contributed by atoms with van der Waals surface area (Å²) in [5.74, 6) is 0.0226. The van der Waals surface area contributed by atoms with Crippen LogP contribution in [0.3, 0.4) is 0 Å². The molecule has 0 bridgehead atoms. The van der Waals surface area contributed by atoms with E-state index in [9.17, 15) is 9.59 Å². The van der Waals surface area contributed by atoms with Crippen molar-refractivity contribution in [2.45, 2.75) is 11.3 Å². The number of methoxy groups -OCH3 is 1. The van der Waals surface area contributed by atoms with E-state index >= 15 is 0 Å². The average Bonchev–Trinajstić information content (AvgIpc) is 2.79. The molecule has 0 N–H and O–H groups in total. The minimum Gasteiger partial charge on any atom is -0.453 e. The fourth-order valence-electron chi connectivity index (χ4n) is 2.35. The lowest BCUT2D eigenvalue weighted by Crippen LogP contribution is -2.37. The van der Waals surface area contributed by atoms with Crippen LogP contribution >= 0.6 is 11.8 Å². The predicted octanol–water partition coefficient (Wildman–Crippen LogP) is 2.32. The third-order valence-corrected chi connectivity index (χ3v) is 4.30. The highest BCUT2D eigenvalue weighted by atomic mass is 32.2. The first kappa shape index (κ1) is 15.7. The number of rotatable bonds is 2. The molecule has 114 valence electrons. The Balaban J connectivity index is 2.00. The summed E-state index contributed by atoms with van der Waals surface area (Å²) in [6.45, 7) is 2.35. The molecule has 0 atom stereocenters. The molecule has 1 aromatic carbocycles. The molecular weight excluding hydrogens is 288 g/mol. The number of hydrogen-bond acceptors (Lipinski definition) is 4. The summed E-state index contributed by atoms with van der Waals surface area (Å²) >= 11 is 1.65. The van der Waals surface area contributed by atoms with Gasteiger partial charge in [-0.05, 0) is 36.9 Å². The highest BCUT2D eigenvalue weighted by Gasteiger charge is 2.22. The zero-order valence-electron chi connectivity index (χ0n) is 12.4. The number of carbonyl (C=O) groups excluding carboxylic acids is 2. The molecule has 21 heavy (non-hydrogen) atoms. The Bertz CT molecular complexity index is 504. The topological polar surface area (TPSA) is 49.9 Å². The van der Waals surface area contributed by atoms with Gasteiger partial charge in [-0.3, -0.25) is 4.79 Å². The van der Waals surface area contributed by atoms with Gasteiger partial charge in [-0.1, -0.05) is 0 Å². The van der Waals surface area contributed by atoms with Crippen molar-refractivity contribution < 1.29 is 14.3 Å². The highest BCUT2D eigenvalue weighted by molar-refractivity contribution is 7.98. The van der Waals surface area contributed by atoms with E-state index in [0.29, 0.717) is 31.7 Å². The van der Waals surface area contributed by atoms with E-state index in [2.05, 4.69) is 0 Å². The second-order valence-electron chi connectivity index (χ2n) is 4.83. The molecule has 0 aromatic heterocycles. The first-order valence-electron chi connectivity index (χ1n) is 6.92. The van der Waals surface area contributed by atoms with Gasteiger partial charge in [0.15, 0.2) is 0 Å². The largest absolute Gasteiger partial charge is 0.453 e. The predicted molar refractivity (Wildman–Crippen MR) is 82.7 cm³/mol. The number of benzene rings is 1. The molecule has 0 saturated carbocycles. The van der Waals surface area contributed by atoms with E-state index < -0.39 is 0 Å². The first-order valence-corrected chi connectivity index (χ1v) is 8.14. The van der Waals surface area contributed by atoms with Crippen LogP contribution in [0.4, 0.5) is 4.79 Å². The molecule has 0 spiro atoms. The Hall–Kier alpha value is -1.69. The van der Waals surface area contributed by atoms with Gasteiger partial charge in [0.05, 0.1) is 7.11 Å². The van der Waals surface area contributed by atoms with Crippen molar-refractivity contribution in [1.82, 2.24) is 9.80 Å². The quantitative estimate of drug-likeness (QED) is 0.787. The van der Waals surface area contributed by atoms with E-state index in [1.807, 2.05) is 30.5 Å². The van der Waals surface area contributed by atoms with E-state index in [1.165, 1.54) is 7.11 Å². The first-order chi connectivity index (χ1) is 10.2. The zero-order chi connectivity index (χ0) is 15.2. The van der Waals surface area contributed by atoms with Crippen LogP contribution in [0.5, 0.6) is 0 Å². The van der Waals surface area contributed by atoms with Crippen LogP contribution in [0.15, 0.2) is 29.2 Å². The summed E-state index contributed by atoms with van der Waals surface area (Å²) in [6.07, 6.45) is 2.45. The summed E-state index contributed by atoms with van der Waals surface area (Å²) in [4.78, 5) is 28.6. The number of ether oxygens (including phenoxy) is 1. The van der Waals surface area contributed by atoms with Crippen LogP contribution in [0, 0.1) is 0 Å². The molecule has 1 aromatic rings. The second kappa shape index (κ2) is 7.36. The van der Waals surface area contributed by atoms with Gasteiger partial charge >= 0.3 is 6.09 Å². The molecule has 1 heterocycles. The maximum atomic E-state index is 12.5. The SMILES string of the molecule is COC(=O)N1CCCN(C(=O)c2ccc(SC)cc2)CC1. The van der Waals surface area contributed by atoms with Crippen molar-refractivity contribution in [2.75, 3.05) is 39.5 Å². The van der Waals surface area contributed by atoms with Gasteiger partial charge < -0.3 is 14.5 Å². The third kappa shape index (κ3) is 3.91. The summed E-state index contributed by atoms with van der Waals surface area (Å²) in [5, 5.41) is 0. The molecule has 5 nitrogen and oxygen atoms in total. The second-order valence-corrected chi connectivity index (χ2v) is 5.71. The summed E-state index contributed by atoms with van der Waals surface area (Å²) in [7, 11) is 1.38. The number of thioether (sulfide) groups is 1. The molecule has 1 saturated heterocycles. The standard InChI is InChI=1S/C15H20N2O3S/c1-20-15(19)17-9-3-8-16(10-11-17)14(18)12-4-6-13(21-2)7-5-12/h4-7H,3,8-11H2,1-2H3. The van der Waals surface area contributed by atoms with E-state index in [-0.39, 0.29) is 12.0 Å². The molecule has 0 unspecified atom stereocenters. The lowest BCUT2D eigenvalue weighted by Gasteiger charge is -2.21. The van der Waals surface area contributed by atoms with Crippen molar-refractivity contribution >= 4 is 23.8 Å². The maximum absolute atomic E-state index is 12.5. The Labute approximate surface area is 129 Å². The van der Waals surface area contributed by atoms with E-state index in [4.69, 9.17) is 4.74 Å². The van der Waals surface area contributed by atoms with Crippen LogP contribution < -0.4 is 0 Å². The van der Waals surface area contributed by atoms with Crippen LogP contribution in [-0.4, -0.2) is 61.3 Å². The summed E-state index contributed by atoms with van der Waals surface area (Å²) in [6, 6.07) is 7.63. The fourth-order valence-corrected chi connectivity index (χ4v) is 2.76. The van der Waals surface area contributed by atoms with Gasteiger partial charge in [-0.2, -0.15) is 0 Å². The van der Waals surface area contributed by atoms with Gasteiger partial charge in [0.25, 0.3) is 5.91 Å². The molecule has 0 radical (unpaired) electrons. The molecule has 6 heteroatoms. The van der Waals surface area contributed by atoms with Crippen molar-refractivity contribution in [3.63, 3.8) is 0 Å². The van der Waals surface area contributed by atoms with Gasteiger partial charge in [0.2, 0.25) is 0 Å². The number of hydrogen-bond donors (Lipinski definition) is 0. The van der Waals surface area contributed by atoms with Gasteiger partial charge in [0, 0.05) is 36.6 Å². The molecule has 1 fully saturated rings. The number of carbonyl (C=O) groups is 2. The molecular formula is C15H20N2O3S. The lowest BCUT2D eigenvalue weighted by molar-refractivity contribution is 0.0757. The monoisotopic (exact) mass is 308 g/mol. The number of amides is 2. The van der Waals surface area contributed by atoms with E-state index in [1.54, 1.807) is 21.6 Å². The lowest BCUT2D eigenvalue weighted by atomic mass is 10.2. The van der Waals surface area contributed by atoms with Crippen molar-refractivity contribution in [1.29, 1.82) is 0 Å². The van der Waals surface area contributed by atoms with Crippen LogP contribution in [-0.2, 0) is 4.74 Å². The number of nitrogens with zero attached hydrogens (tertiary/aromatic N) is 2. The Morgan fingerprint density at radius 2 is 1.67 bits per heavy atom. The Morgan fingerprint density at radius 3 is 2.29 bits per heavy atom. The van der Waals surface area contributed by atoms with Crippen molar-refractivity contribution in [2.24, 2.45) is 0 Å². The molecule has 2 amide bonds. The third-order valence-electron chi connectivity index (χ3n) is 3.55. The summed E-state index contributed by atoms with van der Waals surface area (Å²) < 4.78 is 4.73. The molecule has 2 rings (SSSR count). The molecule has 0 aliphatic carbocycles. The van der Waals surface area contributed by atoms with Gasteiger partial charge in [-0.25, -0.2) is 4.79 Å². The Morgan fingerprint density at radius 1 is 1.05 bits per heavy atom. The Kier molecular flexibility index (Phi) is 5.50. The summed E-state index contributed by atoms with van der Waals surface area (Å²) in [5.41, 5.74) is 0.694. The van der Waals surface area contributed by atoms with Crippen LogP contribution in [0.25, 0.3) is 0 Å². The maximum Gasteiger partial charge on any atom is 0.409 e. The normalized spacial score (nSPS) is 15.5.